The third-order valence-corrected chi connectivity index (χ3v) is 3.93. The van der Waals surface area contributed by atoms with E-state index < -0.39 is 0 Å². The van der Waals surface area contributed by atoms with Crippen molar-refractivity contribution in [3.8, 4) is 0 Å². The largest absolute Gasteiger partial charge is 0.353 e. The first-order valence-electron chi connectivity index (χ1n) is 6.88. The second kappa shape index (κ2) is 6.05. The molecular formula is C15H16N4OS. The minimum atomic E-state index is -0.00230. The van der Waals surface area contributed by atoms with Crippen molar-refractivity contribution in [3.63, 3.8) is 0 Å². The highest BCUT2D eigenvalue weighted by atomic mass is 32.1. The number of rotatable bonds is 2. The number of hydrogen-bond acceptors (Lipinski definition) is 4. The zero-order valence-electron chi connectivity index (χ0n) is 11.5. The van der Waals surface area contributed by atoms with Crippen LogP contribution in [0.1, 0.15) is 10.4 Å². The molecule has 0 spiro atoms. The van der Waals surface area contributed by atoms with Gasteiger partial charge in [0.1, 0.15) is 10.5 Å². The number of carbonyl (C=O) groups is 1. The van der Waals surface area contributed by atoms with E-state index in [0.717, 1.165) is 18.9 Å². The van der Waals surface area contributed by atoms with Gasteiger partial charge in [-0.1, -0.05) is 18.3 Å². The van der Waals surface area contributed by atoms with Crippen LogP contribution in [-0.4, -0.2) is 47.0 Å². The van der Waals surface area contributed by atoms with Crippen LogP contribution in [0.4, 0.5) is 5.82 Å². The maximum absolute atomic E-state index is 12.5. The molecule has 1 aliphatic rings. The second-order valence-electron chi connectivity index (χ2n) is 4.88. The molecule has 1 aliphatic heterocycles. The van der Waals surface area contributed by atoms with Crippen LogP contribution in [0.15, 0.2) is 42.7 Å². The molecule has 0 aromatic carbocycles. The van der Waals surface area contributed by atoms with E-state index in [2.05, 4.69) is 14.9 Å². The molecule has 1 amide bonds. The fraction of sp³-hybridized carbons (Fsp3) is 0.267. The number of anilines is 1. The molecule has 1 fully saturated rings. The number of aromatic nitrogens is 2. The summed E-state index contributed by atoms with van der Waals surface area (Å²) in [5, 5.41) is 0. The Labute approximate surface area is 128 Å². The molecule has 3 rings (SSSR count). The zero-order valence-corrected chi connectivity index (χ0v) is 12.3. The molecule has 0 atom stereocenters. The van der Waals surface area contributed by atoms with Crippen molar-refractivity contribution < 1.29 is 4.79 Å². The molecule has 2 aromatic rings. The summed E-state index contributed by atoms with van der Waals surface area (Å²) in [6, 6.07) is 9.44. The van der Waals surface area contributed by atoms with Crippen LogP contribution in [0.2, 0.25) is 0 Å². The first kappa shape index (κ1) is 13.8. The normalized spacial score (nSPS) is 15.0. The number of amides is 1. The van der Waals surface area contributed by atoms with Crippen LogP contribution in [0, 0.1) is 4.64 Å². The van der Waals surface area contributed by atoms with E-state index in [1.165, 1.54) is 0 Å². The molecule has 0 radical (unpaired) electrons. The van der Waals surface area contributed by atoms with Crippen LogP contribution in [0.25, 0.3) is 0 Å². The number of nitrogens with zero attached hydrogens (tertiary/aromatic N) is 3. The Balaban J connectivity index is 1.68. The van der Waals surface area contributed by atoms with Crippen molar-refractivity contribution in [3.05, 3.63) is 52.9 Å². The fourth-order valence-electron chi connectivity index (χ4n) is 2.44. The quantitative estimate of drug-likeness (QED) is 0.863. The molecule has 1 saturated heterocycles. The molecule has 5 nitrogen and oxygen atoms in total. The number of aromatic amines is 1. The van der Waals surface area contributed by atoms with Gasteiger partial charge in [0.25, 0.3) is 5.91 Å². The van der Waals surface area contributed by atoms with Gasteiger partial charge in [0.2, 0.25) is 0 Å². The SMILES string of the molecule is O=C(c1ccc[nH]c1=S)N1CCN(c2ccccn2)CC1. The molecule has 21 heavy (non-hydrogen) atoms. The molecule has 0 unspecified atom stereocenters. The van der Waals surface area contributed by atoms with Gasteiger partial charge in [-0.2, -0.15) is 0 Å². The van der Waals surface area contributed by atoms with Crippen LogP contribution >= 0.6 is 12.2 Å². The first-order chi connectivity index (χ1) is 10.3. The van der Waals surface area contributed by atoms with Crippen molar-refractivity contribution in [2.75, 3.05) is 31.1 Å². The van der Waals surface area contributed by atoms with Crippen LogP contribution in [0.5, 0.6) is 0 Å². The molecule has 3 heterocycles. The smallest absolute Gasteiger partial charge is 0.256 e. The van der Waals surface area contributed by atoms with E-state index in [-0.39, 0.29) is 5.91 Å². The van der Waals surface area contributed by atoms with Gasteiger partial charge in [0.05, 0.1) is 5.56 Å². The summed E-state index contributed by atoms with van der Waals surface area (Å²) in [5.41, 5.74) is 0.568. The van der Waals surface area contributed by atoms with Crippen molar-refractivity contribution in [2.24, 2.45) is 0 Å². The van der Waals surface area contributed by atoms with Gasteiger partial charge < -0.3 is 14.8 Å². The van der Waals surface area contributed by atoms with E-state index in [0.29, 0.717) is 23.3 Å². The Morgan fingerprint density at radius 2 is 1.95 bits per heavy atom. The Hall–Kier alpha value is -2.21. The molecule has 6 heteroatoms. The maximum Gasteiger partial charge on any atom is 0.256 e. The molecule has 0 saturated carbocycles. The monoisotopic (exact) mass is 300 g/mol. The van der Waals surface area contributed by atoms with Crippen molar-refractivity contribution >= 4 is 23.9 Å². The molecule has 2 aromatic heterocycles. The molecule has 0 aliphatic carbocycles. The molecule has 108 valence electrons. The van der Waals surface area contributed by atoms with Gasteiger partial charge in [0.15, 0.2) is 0 Å². The van der Waals surface area contributed by atoms with E-state index in [1.54, 1.807) is 24.5 Å². The van der Waals surface area contributed by atoms with Crippen molar-refractivity contribution in [2.45, 2.75) is 0 Å². The Kier molecular flexibility index (Phi) is 3.96. The molecule has 0 bridgehead atoms. The van der Waals surface area contributed by atoms with Crippen molar-refractivity contribution in [1.29, 1.82) is 0 Å². The highest BCUT2D eigenvalue weighted by molar-refractivity contribution is 7.71. The number of H-pyrrole nitrogens is 1. The topological polar surface area (TPSA) is 52.2 Å². The maximum atomic E-state index is 12.5. The highest BCUT2D eigenvalue weighted by Crippen LogP contribution is 2.14. The standard InChI is InChI=1S/C15H16N4OS/c20-15(12-4-3-7-17-14(12)21)19-10-8-18(9-11-19)13-5-1-2-6-16-13/h1-7H,8-11H2,(H,17,21). The van der Waals surface area contributed by atoms with E-state index in [9.17, 15) is 4.79 Å². The average molecular weight is 300 g/mol. The van der Waals surface area contributed by atoms with Gasteiger partial charge in [-0.3, -0.25) is 4.79 Å². The molecular weight excluding hydrogens is 284 g/mol. The minimum Gasteiger partial charge on any atom is -0.353 e. The lowest BCUT2D eigenvalue weighted by Crippen LogP contribution is -2.49. The van der Waals surface area contributed by atoms with E-state index >= 15 is 0 Å². The lowest BCUT2D eigenvalue weighted by molar-refractivity contribution is 0.0745. The highest BCUT2D eigenvalue weighted by Gasteiger charge is 2.23. The van der Waals surface area contributed by atoms with Gasteiger partial charge in [0, 0.05) is 38.6 Å². The predicted molar refractivity (Wildman–Crippen MR) is 84.0 cm³/mol. The number of piperazine rings is 1. The van der Waals surface area contributed by atoms with E-state index in [4.69, 9.17) is 12.2 Å². The van der Waals surface area contributed by atoms with Crippen LogP contribution in [0.3, 0.4) is 0 Å². The van der Waals surface area contributed by atoms with E-state index in [1.807, 2.05) is 23.1 Å². The van der Waals surface area contributed by atoms with Gasteiger partial charge in [-0.25, -0.2) is 4.98 Å². The summed E-state index contributed by atoms with van der Waals surface area (Å²) in [4.78, 5) is 23.8. The minimum absolute atomic E-state index is 0.00230. The third-order valence-electron chi connectivity index (χ3n) is 3.59. The fourth-order valence-corrected chi connectivity index (χ4v) is 2.66. The number of pyridine rings is 2. The summed E-state index contributed by atoms with van der Waals surface area (Å²) >= 11 is 5.17. The van der Waals surface area contributed by atoms with Gasteiger partial charge in [-0.15, -0.1) is 0 Å². The number of hydrogen-bond donors (Lipinski definition) is 1. The van der Waals surface area contributed by atoms with Gasteiger partial charge >= 0.3 is 0 Å². The number of carbonyl (C=O) groups excluding carboxylic acids is 1. The van der Waals surface area contributed by atoms with Crippen LogP contribution < -0.4 is 4.90 Å². The summed E-state index contributed by atoms with van der Waals surface area (Å²) in [5.74, 6) is 0.958. The van der Waals surface area contributed by atoms with Crippen LogP contribution in [-0.2, 0) is 0 Å². The Morgan fingerprint density at radius 1 is 1.14 bits per heavy atom. The summed E-state index contributed by atoms with van der Waals surface area (Å²) in [6.07, 6.45) is 3.52. The summed E-state index contributed by atoms with van der Waals surface area (Å²) in [6.45, 7) is 2.93. The summed E-state index contributed by atoms with van der Waals surface area (Å²) < 4.78 is 0.495. The number of nitrogens with one attached hydrogen (secondary N) is 1. The average Bonchev–Trinajstić information content (AvgIpc) is 2.56. The predicted octanol–water partition coefficient (Wildman–Crippen LogP) is 2.10. The Morgan fingerprint density at radius 3 is 2.62 bits per heavy atom. The Bertz CT molecular complexity index is 677. The lowest BCUT2D eigenvalue weighted by atomic mass is 10.2. The van der Waals surface area contributed by atoms with Crippen molar-refractivity contribution in [1.82, 2.24) is 14.9 Å². The zero-order chi connectivity index (χ0) is 14.7. The second-order valence-corrected chi connectivity index (χ2v) is 5.29. The molecule has 1 N–H and O–H groups in total. The van der Waals surface area contributed by atoms with Gasteiger partial charge in [-0.05, 0) is 24.3 Å². The lowest BCUT2D eigenvalue weighted by Gasteiger charge is -2.35. The third kappa shape index (κ3) is 2.95. The first-order valence-corrected chi connectivity index (χ1v) is 7.29. The summed E-state index contributed by atoms with van der Waals surface area (Å²) in [7, 11) is 0.